The zero-order chi connectivity index (χ0) is 37.5. The van der Waals surface area contributed by atoms with Crippen LogP contribution in [0, 0.1) is 45.8 Å². The summed E-state index contributed by atoms with van der Waals surface area (Å²) in [4.78, 5) is 0. The fourth-order valence-corrected chi connectivity index (χ4v) is 12.4. The van der Waals surface area contributed by atoms with Crippen molar-refractivity contribution in [3.63, 3.8) is 0 Å². The van der Waals surface area contributed by atoms with Crippen LogP contribution in [0.3, 0.4) is 0 Å². The highest BCUT2D eigenvalue weighted by Crippen LogP contribution is 2.73. The second-order valence-corrected chi connectivity index (χ2v) is 18.5. The van der Waals surface area contributed by atoms with E-state index < -0.39 is 68.0 Å². The fraction of sp³-hybridized carbons (Fsp3) is 0.950. The summed E-state index contributed by atoms with van der Waals surface area (Å²) in [6, 6.07) is 0. The molecule has 0 spiro atoms. The molecule has 0 radical (unpaired) electrons. The van der Waals surface area contributed by atoms with E-state index in [-0.39, 0.29) is 41.2 Å². The SMILES string of the molecule is CC(CO)CCC1OC2CC3C4CC=C5CC(OC6OC(CO)C(O)C(O)C6OC6OC(C)C(O)C(O)C6O)CCC5(C)C4CCC3(C)C2(C)C1C. The molecule has 3 saturated carbocycles. The monoisotopic (exact) mass is 738 g/mol. The average molecular weight is 739 g/mol. The number of fused-ring (bicyclic) bond motifs is 7. The molecule has 4 aliphatic carbocycles. The molecule has 0 aromatic rings. The minimum Gasteiger partial charge on any atom is -0.396 e. The van der Waals surface area contributed by atoms with Crippen LogP contribution in [0.2, 0.25) is 0 Å². The Bertz CT molecular complexity index is 1300. The van der Waals surface area contributed by atoms with E-state index in [9.17, 15) is 35.7 Å². The van der Waals surface area contributed by atoms with Crippen molar-refractivity contribution in [3.8, 4) is 0 Å². The zero-order valence-corrected chi connectivity index (χ0v) is 31.9. The summed E-state index contributed by atoms with van der Waals surface area (Å²) in [5, 5.41) is 72.5. The fourth-order valence-electron chi connectivity index (χ4n) is 12.4. The van der Waals surface area contributed by atoms with Crippen LogP contribution in [0.1, 0.15) is 99.3 Å². The predicted octanol–water partition coefficient (Wildman–Crippen LogP) is 2.41. The number of aliphatic hydroxyl groups is 7. The second-order valence-electron chi connectivity index (χ2n) is 18.5. The minimum absolute atomic E-state index is 0.0397. The highest BCUT2D eigenvalue weighted by atomic mass is 16.8. The minimum atomic E-state index is -1.61. The van der Waals surface area contributed by atoms with E-state index in [2.05, 4.69) is 40.7 Å². The highest BCUT2D eigenvalue weighted by Gasteiger charge is 2.70. The Kier molecular flexibility index (Phi) is 11.1. The van der Waals surface area contributed by atoms with Crippen molar-refractivity contribution in [2.75, 3.05) is 13.2 Å². The van der Waals surface area contributed by atoms with Gasteiger partial charge < -0.3 is 59.4 Å². The van der Waals surface area contributed by atoms with Crippen LogP contribution in [0.5, 0.6) is 0 Å². The summed E-state index contributed by atoms with van der Waals surface area (Å²) in [7, 11) is 0. The zero-order valence-electron chi connectivity index (χ0n) is 31.9. The van der Waals surface area contributed by atoms with Gasteiger partial charge in [0.25, 0.3) is 0 Å². The van der Waals surface area contributed by atoms with Gasteiger partial charge in [0.05, 0.1) is 31.0 Å². The molecule has 21 atom stereocenters. The molecule has 7 rings (SSSR count). The molecule has 6 fully saturated rings. The summed E-state index contributed by atoms with van der Waals surface area (Å²) >= 11 is 0. The number of allylic oxidation sites excluding steroid dienone is 1. The lowest BCUT2D eigenvalue weighted by Gasteiger charge is -2.60. The molecule has 3 heterocycles. The molecule has 52 heavy (non-hydrogen) atoms. The van der Waals surface area contributed by atoms with E-state index in [1.165, 1.54) is 25.3 Å². The van der Waals surface area contributed by atoms with Gasteiger partial charge in [0.1, 0.15) is 42.7 Å². The van der Waals surface area contributed by atoms with Crippen molar-refractivity contribution >= 4 is 0 Å². The third-order valence-electron chi connectivity index (χ3n) is 16.2. The van der Waals surface area contributed by atoms with Gasteiger partial charge in [-0.3, -0.25) is 0 Å². The maximum atomic E-state index is 11.1. The van der Waals surface area contributed by atoms with Crippen molar-refractivity contribution in [1.82, 2.24) is 0 Å². The summed E-state index contributed by atoms with van der Waals surface area (Å²) in [6.07, 6.45) is -1.74. The summed E-state index contributed by atoms with van der Waals surface area (Å²) in [5.74, 6) is 2.53. The number of rotatable bonds is 9. The van der Waals surface area contributed by atoms with E-state index in [0.717, 1.165) is 38.5 Å². The first-order chi connectivity index (χ1) is 24.6. The van der Waals surface area contributed by atoms with Gasteiger partial charge in [0, 0.05) is 12.0 Å². The average Bonchev–Trinajstić information content (AvgIpc) is 3.51. The van der Waals surface area contributed by atoms with Gasteiger partial charge in [-0.15, -0.1) is 0 Å². The Morgan fingerprint density at radius 1 is 0.827 bits per heavy atom. The molecule has 0 aromatic carbocycles. The van der Waals surface area contributed by atoms with Crippen LogP contribution >= 0.6 is 0 Å². The first kappa shape index (κ1) is 39.5. The van der Waals surface area contributed by atoms with Gasteiger partial charge in [-0.25, -0.2) is 0 Å². The van der Waals surface area contributed by atoms with E-state index in [1.54, 1.807) is 0 Å². The quantitative estimate of drug-likeness (QED) is 0.172. The normalized spacial score (nSPS) is 55.2. The van der Waals surface area contributed by atoms with Crippen LogP contribution in [0.15, 0.2) is 11.6 Å². The summed E-state index contributed by atoms with van der Waals surface area (Å²) in [6.45, 7) is 13.3. The van der Waals surface area contributed by atoms with Gasteiger partial charge in [0.15, 0.2) is 12.6 Å². The van der Waals surface area contributed by atoms with Crippen LogP contribution in [0.4, 0.5) is 0 Å². The number of ether oxygens (including phenoxy) is 5. The molecular formula is C40H66O12. The molecule has 21 unspecified atom stereocenters. The van der Waals surface area contributed by atoms with Crippen LogP contribution in [-0.4, -0.2) is 129 Å². The molecule has 298 valence electrons. The molecule has 12 nitrogen and oxygen atoms in total. The van der Waals surface area contributed by atoms with Crippen LogP contribution in [0.25, 0.3) is 0 Å². The topological polar surface area (TPSA) is 188 Å². The van der Waals surface area contributed by atoms with Crippen molar-refractivity contribution in [2.24, 2.45) is 45.8 Å². The largest absolute Gasteiger partial charge is 0.396 e. The number of hydrogen-bond acceptors (Lipinski definition) is 12. The standard InChI is InChI=1S/C40H66O12/c1-19(17-41)7-10-27-20(2)40(6)29(50-27)16-26-24-9-8-22-15-23(11-13-38(22,4)25(24)12-14-39(26,40)5)49-37-35(33(46)31(44)28(18-42)51-37)52-36-34(47)32(45)30(43)21(3)48-36/h8,19-21,23-37,41-47H,7,9-18H2,1-6H3. The molecule has 3 aliphatic heterocycles. The molecule has 0 bridgehead atoms. The summed E-state index contributed by atoms with van der Waals surface area (Å²) in [5.41, 5.74) is 1.77. The Morgan fingerprint density at radius 2 is 1.58 bits per heavy atom. The van der Waals surface area contributed by atoms with Gasteiger partial charge in [0.2, 0.25) is 0 Å². The molecule has 3 saturated heterocycles. The van der Waals surface area contributed by atoms with E-state index in [1.807, 2.05) is 0 Å². The second kappa shape index (κ2) is 14.6. The van der Waals surface area contributed by atoms with E-state index >= 15 is 0 Å². The van der Waals surface area contributed by atoms with E-state index in [0.29, 0.717) is 36.0 Å². The van der Waals surface area contributed by atoms with Crippen molar-refractivity contribution < 1.29 is 59.4 Å². The third kappa shape index (κ3) is 6.18. The van der Waals surface area contributed by atoms with Gasteiger partial charge >= 0.3 is 0 Å². The maximum absolute atomic E-state index is 11.1. The Labute approximate surface area is 308 Å². The Morgan fingerprint density at radius 3 is 2.29 bits per heavy atom. The molecule has 7 N–H and O–H groups in total. The number of aliphatic hydroxyl groups excluding tert-OH is 7. The molecular weight excluding hydrogens is 672 g/mol. The Hall–Kier alpha value is -0.740. The lowest BCUT2D eigenvalue weighted by atomic mass is 9.44. The van der Waals surface area contributed by atoms with Gasteiger partial charge in [-0.1, -0.05) is 46.3 Å². The molecule has 12 heteroatoms. The first-order valence-corrected chi connectivity index (χ1v) is 20.2. The van der Waals surface area contributed by atoms with E-state index in [4.69, 9.17) is 23.7 Å². The predicted molar refractivity (Wildman–Crippen MR) is 188 cm³/mol. The van der Waals surface area contributed by atoms with Gasteiger partial charge in [-0.2, -0.15) is 0 Å². The maximum Gasteiger partial charge on any atom is 0.187 e. The third-order valence-corrected chi connectivity index (χ3v) is 16.2. The first-order valence-electron chi connectivity index (χ1n) is 20.2. The Balaban J connectivity index is 1.05. The smallest absolute Gasteiger partial charge is 0.187 e. The van der Waals surface area contributed by atoms with Crippen molar-refractivity contribution in [3.05, 3.63) is 11.6 Å². The molecule has 0 aromatic heterocycles. The van der Waals surface area contributed by atoms with Gasteiger partial charge in [-0.05, 0) is 105 Å². The lowest BCUT2D eigenvalue weighted by molar-refractivity contribution is -0.369. The lowest BCUT2D eigenvalue weighted by Crippen LogP contribution is -2.64. The highest BCUT2D eigenvalue weighted by molar-refractivity contribution is 5.27. The van der Waals surface area contributed by atoms with Crippen LogP contribution < -0.4 is 0 Å². The molecule has 0 amide bonds. The number of hydrogen-bond donors (Lipinski definition) is 7. The van der Waals surface area contributed by atoms with Crippen molar-refractivity contribution in [2.45, 2.75) is 179 Å². The van der Waals surface area contributed by atoms with Crippen LogP contribution in [-0.2, 0) is 23.7 Å². The molecule has 7 aliphatic rings. The van der Waals surface area contributed by atoms with Crippen molar-refractivity contribution in [1.29, 1.82) is 0 Å². The summed E-state index contributed by atoms with van der Waals surface area (Å²) < 4.78 is 31.1.